The number of para-hydroxylation sites is 2. The Labute approximate surface area is 164 Å². The first-order chi connectivity index (χ1) is 13.7. The molecule has 7 heteroatoms. The third kappa shape index (κ3) is 4.04. The van der Waals surface area contributed by atoms with E-state index in [1.807, 2.05) is 54.2 Å². The average molecular weight is 377 g/mol. The molecule has 1 atom stereocenters. The van der Waals surface area contributed by atoms with Crippen molar-refractivity contribution in [2.75, 3.05) is 11.9 Å². The third-order valence-electron chi connectivity index (χ3n) is 4.94. The summed E-state index contributed by atoms with van der Waals surface area (Å²) in [5, 5.41) is 3.04. The summed E-state index contributed by atoms with van der Waals surface area (Å²) >= 11 is 0. The van der Waals surface area contributed by atoms with Gasteiger partial charge in [-0.1, -0.05) is 12.1 Å². The number of ether oxygens (including phenoxy) is 1. The molecule has 4 rings (SSSR count). The lowest BCUT2D eigenvalue weighted by atomic mass is 10.2. The lowest BCUT2D eigenvalue weighted by molar-refractivity contribution is -0.120. The van der Waals surface area contributed by atoms with E-state index in [4.69, 9.17) is 4.74 Å². The van der Waals surface area contributed by atoms with Crippen molar-refractivity contribution in [1.29, 1.82) is 0 Å². The van der Waals surface area contributed by atoms with E-state index in [2.05, 4.69) is 20.2 Å². The van der Waals surface area contributed by atoms with Crippen LogP contribution in [0.1, 0.15) is 18.7 Å². The van der Waals surface area contributed by atoms with Gasteiger partial charge in [-0.15, -0.1) is 0 Å². The SMILES string of the molecule is Cn1ccnc1CN1CCC[C@@H]1C(=O)Nc1ccccc1Oc1cccnc1. The number of nitrogens with one attached hydrogen (secondary N) is 1. The van der Waals surface area contributed by atoms with Crippen molar-refractivity contribution in [2.24, 2.45) is 7.05 Å². The van der Waals surface area contributed by atoms with E-state index < -0.39 is 0 Å². The summed E-state index contributed by atoms with van der Waals surface area (Å²) < 4.78 is 7.89. The van der Waals surface area contributed by atoms with Crippen molar-refractivity contribution in [3.63, 3.8) is 0 Å². The number of anilines is 1. The van der Waals surface area contributed by atoms with Gasteiger partial charge in [-0.2, -0.15) is 0 Å². The quantitative estimate of drug-likeness (QED) is 0.714. The van der Waals surface area contributed by atoms with Gasteiger partial charge in [0.05, 0.1) is 24.5 Å². The van der Waals surface area contributed by atoms with Gasteiger partial charge in [0.25, 0.3) is 0 Å². The molecule has 1 aliphatic rings. The predicted octanol–water partition coefficient (Wildman–Crippen LogP) is 3.21. The molecule has 28 heavy (non-hydrogen) atoms. The highest BCUT2D eigenvalue weighted by molar-refractivity contribution is 5.96. The summed E-state index contributed by atoms with van der Waals surface area (Å²) in [7, 11) is 1.97. The number of carbonyl (C=O) groups is 1. The van der Waals surface area contributed by atoms with Gasteiger partial charge < -0.3 is 14.6 Å². The van der Waals surface area contributed by atoms with Gasteiger partial charge in [0.1, 0.15) is 11.6 Å². The van der Waals surface area contributed by atoms with Crippen molar-refractivity contribution >= 4 is 11.6 Å². The topological polar surface area (TPSA) is 72.3 Å². The Balaban J connectivity index is 1.46. The number of pyridine rings is 1. The van der Waals surface area contributed by atoms with Crippen LogP contribution in [0.15, 0.2) is 61.2 Å². The Kier molecular flexibility index (Phi) is 5.34. The number of likely N-dealkylation sites (tertiary alicyclic amines) is 1. The van der Waals surface area contributed by atoms with Gasteiger partial charge in [0.2, 0.25) is 5.91 Å². The molecule has 0 saturated carbocycles. The number of hydrogen-bond donors (Lipinski definition) is 1. The smallest absolute Gasteiger partial charge is 0.241 e. The molecule has 2 aromatic heterocycles. The zero-order valence-corrected chi connectivity index (χ0v) is 15.8. The fraction of sp³-hybridized carbons (Fsp3) is 0.286. The van der Waals surface area contributed by atoms with Crippen LogP contribution < -0.4 is 10.1 Å². The summed E-state index contributed by atoms with van der Waals surface area (Å²) in [6.07, 6.45) is 8.87. The van der Waals surface area contributed by atoms with Crippen LogP contribution in [0.2, 0.25) is 0 Å². The Bertz CT molecular complexity index is 941. The average Bonchev–Trinajstić information content (AvgIpc) is 3.34. The number of aromatic nitrogens is 3. The molecular formula is C21H23N5O2. The van der Waals surface area contributed by atoms with E-state index in [1.165, 1.54) is 0 Å². The van der Waals surface area contributed by atoms with Gasteiger partial charge >= 0.3 is 0 Å². The van der Waals surface area contributed by atoms with E-state index in [9.17, 15) is 4.79 Å². The minimum absolute atomic E-state index is 0.0195. The molecule has 1 N–H and O–H groups in total. The number of aryl methyl sites for hydroxylation is 1. The minimum Gasteiger partial charge on any atom is -0.454 e. The van der Waals surface area contributed by atoms with Crippen molar-refractivity contribution in [3.05, 3.63) is 67.0 Å². The molecule has 0 spiro atoms. The molecule has 1 fully saturated rings. The fourth-order valence-corrected chi connectivity index (χ4v) is 3.45. The predicted molar refractivity (Wildman–Crippen MR) is 106 cm³/mol. The highest BCUT2D eigenvalue weighted by Crippen LogP contribution is 2.30. The number of hydrogen-bond acceptors (Lipinski definition) is 5. The van der Waals surface area contributed by atoms with Crippen LogP contribution in [-0.2, 0) is 18.4 Å². The molecule has 144 valence electrons. The van der Waals surface area contributed by atoms with Crippen LogP contribution in [0.4, 0.5) is 5.69 Å². The standard InChI is InChI=1S/C21H23N5O2/c1-25-13-11-23-20(25)15-26-12-5-8-18(26)21(27)24-17-7-2-3-9-19(17)28-16-6-4-10-22-14-16/h2-4,6-7,9-11,13-14,18H,5,8,12,15H2,1H3,(H,24,27)/t18-/m1/s1. The second-order valence-electron chi connectivity index (χ2n) is 6.86. The Morgan fingerprint density at radius 3 is 2.93 bits per heavy atom. The van der Waals surface area contributed by atoms with Gasteiger partial charge in [-0.3, -0.25) is 14.7 Å². The Morgan fingerprint density at radius 2 is 2.14 bits per heavy atom. The van der Waals surface area contributed by atoms with Gasteiger partial charge in [-0.05, 0) is 43.7 Å². The van der Waals surface area contributed by atoms with Crippen LogP contribution >= 0.6 is 0 Å². The van der Waals surface area contributed by atoms with Gasteiger partial charge in [0, 0.05) is 25.6 Å². The molecule has 3 aromatic rings. The van der Waals surface area contributed by atoms with Crippen molar-refractivity contribution in [1.82, 2.24) is 19.4 Å². The normalized spacial score (nSPS) is 16.8. The molecular weight excluding hydrogens is 354 g/mol. The largest absolute Gasteiger partial charge is 0.454 e. The Hall–Kier alpha value is -3.19. The first kappa shape index (κ1) is 18.2. The molecule has 1 aliphatic heterocycles. The number of benzene rings is 1. The number of rotatable bonds is 6. The van der Waals surface area contributed by atoms with Crippen molar-refractivity contribution < 1.29 is 9.53 Å². The maximum atomic E-state index is 13.0. The summed E-state index contributed by atoms with van der Waals surface area (Å²) in [5.74, 6) is 2.16. The molecule has 0 unspecified atom stereocenters. The zero-order chi connectivity index (χ0) is 19.3. The summed E-state index contributed by atoms with van der Waals surface area (Å²) in [6, 6.07) is 10.9. The molecule has 0 radical (unpaired) electrons. The fourth-order valence-electron chi connectivity index (χ4n) is 3.45. The second-order valence-corrected chi connectivity index (χ2v) is 6.86. The van der Waals surface area contributed by atoms with Crippen LogP contribution in [0, 0.1) is 0 Å². The minimum atomic E-state index is -0.178. The van der Waals surface area contributed by atoms with E-state index in [-0.39, 0.29) is 11.9 Å². The molecule has 0 bridgehead atoms. The van der Waals surface area contributed by atoms with Crippen molar-refractivity contribution in [3.8, 4) is 11.5 Å². The lowest BCUT2D eigenvalue weighted by Crippen LogP contribution is -2.39. The maximum absolute atomic E-state index is 13.0. The van der Waals surface area contributed by atoms with Crippen LogP contribution in [0.3, 0.4) is 0 Å². The lowest BCUT2D eigenvalue weighted by Gasteiger charge is -2.23. The van der Waals surface area contributed by atoms with Crippen LogP contribution in [0.25, 0.3) is 0 Å². The first-order valence-electron chi connectivity index (χ1n) is 9.39. The highest BCUT2D eigenvalue weighted by atomic mass is 16.5. The number of nitrogens with zero attached hydrogens (tertiary/aromatic N) is 4. The van der Waals surface area contributed by atoms with E-state index in [0.717, 1.165) is 25.2 Å². The highest BCUT2D eigenvalue weighted by Gasteiger charge is 2.31. The van der Waals surface area contributed by atoms with Gasteiger partial charge in [-0.25, -0.2) is 4.98 Å². The molecule has 1 aromatic carbocycles. The monoisotopic (exact) mass is 377 g/mol. The van der Waals surface area contributed by atoms with Gasteiger partial charge in [0.15, 0.2) is 5.75 Å². The summed E-state index contributed by atoms with van der Waals surface area (Å²) in [6.45, 7) is 1.55. The molecule has 3 heterocycles. The maximum Gasteiger partial charge on any atom is 0.241 e. The second kappa shape index (κ2) is 8.22. The van der Waals surface area contributed by atoms with Crippen LogP contribution in [-0.4, -0.2) is 37.9 Å². The summed E-state index contributed by atoms with van der Waals surface area (Å²) in [5.41, 5.74) is 0.653. The first-order valence-corrected chi connectivity index (χ1v) is 9.39. The van der Waals surface area contributed by atoms with Crippen LogP contribution in [0.5, 0.6) is 11.5 Å². The molecule has 1 saturated heterocycles. The molecule has 1 amide bonds. The number of imidazole rings is 1. The zero-order valence-electron chi connectivity index (χ0n) is 15.8. The number of carbonyl (C=O) groups excluding carboxylic acids is 1. The third-order valence-corrected chi connectivity index (χ3v) is 4.94. The molecule has 7 nitrogen and oxygen atoms in total. The van der Waals surface area contributed by atoms with E-state index >= 15 is 0 Å². The molecule has 0 aliphatic carbocycles. The summed E-state index contributed by atoms with van der Waals surface area (Å²) in [4.78, 5) is 23.6. The van der Waals surface area contributed by atoms with E-state index in [1.54, 1.807) is 18.6 Å². The number of amides is 1. The van der Waals surface area contributed by atoms with E-state index in [0.29, 0.717) is 23.7 Å². The van der Waals surface area contributed by atoms with Crippen molar-refractivity contribution in [2.45, 2.75) is 25.4 Å². The Morgan fingerprint density at radius 1 is 1.25 bits per heavy atom.